The Hall–Kier alpha value is -5.70. The molecule has 0 amide bonds. The number of nitrogens with one attached hydrogen (secondary N) is 4. The number of rotatable bonds is 0. The third-order valence-corrected chi connectivity index (χ3v) is 7.54. The normalized spacial score (nSPS) is 14.9. The van der Waals surface area contributed by atoms with Gasteiger partial charge in [-0.15, -0.1) is 0 Å². The molecule has 9 nitrogen and oxygen atoms in total. The van der Waals surface area contributed by atoms with Crippen LogP contribution in [0.25, 0.3) is 21.5 Å². The molecule has 190 valence electrons. The van der Waals surface area contributed by atoms with Crippen LogP contribution in [0.5, 0.6) is 5.75 Å². The summed E-state index contributed by atoms with van der Waals surface area (Å²) in [5.41, 5.74) is 4.23. The number of allylic oxidation sites excluding steroid dienone is 1. The molecule has 3 aromatic heterocycles. The summed E-state index contributed by atoms with van der Waals surface area (Å²) < 4.78 is 5.97. The van der Waals surface area contributed by atoms with Crippen LogP contribution in [0.4, 0.5) is 23.3 Å². The highest BCUT2D eigenvalue weighted by Crippen LogP contribution is 2.43. The van der Waals surface area contributed by atoms with E-state index in [2.05, 4.69) is 38.5 Å². The summed E-state index contributed by atoms with van der Waals surface area (Å²) in [6.07, 6.45) is 4.39. The Morgan fingerprint density at radius 2 is 1.23 bits per heavy atom. The van der Waals surface area contributed by atoms with Gasteiger partial charge in [-0.25, -0.2) is 20.0 Å². The molecule has 3 aliphatic heterocycles. The second-order valence-corrected chi connectivity index (χ2v) is 9.88. The van der Waals surface area contributed by atoms with E-state index < -0.39 is 0 Å². The smallest absolute Gasteiger partial charge is 0.177 e. The summed E-state index contributed by atoms with van der Waals surface area (Å²) in [4.78, 5) is 30.4. The number of nitrogens with zero attached hydrogens (tertiary/aromatic N) is 4. The van der Waals surface area contributed by atoms with Gasteiger partial charge in [0.1, 0.15) is 28.4 Å². The van der Waals surface area contributed by atoms with Crippen LogP contribution in [-0.4, -0.2) is 26.6 Å². The minimum atomic E-state index is 0.573. The standard InChI is InChI=1S/C31H20N8O/c1-2-9-17-16(8-1)24-32-25(17)34-27-20-12-5-6-13-21(20)29(36-27)38-31-23-22(14-7-15-40-23)30(39-31)37-28-19-11-4-3-10-18(19)26(33-24)35-28/h1-13,15,35,37,39H,14H2,(H,32,33,34,36,38). The van der Waals surface area contributed by atoms with Crippen LogP contribution < -0.4 is 21.0 Å². The predicted molar refractivity (Wildman–Crippen MR) is 155 cm³/mol. The molecule has 4 N–H and O–H groups in total. The Morgan fingerprint density at radius 3 is 2.02 bits per heavy atom. The average molecular weight is 521 g/mol. The Kier molecular flexibility index (Phi) is 4.20. The van der Waals surface area contributed by atoms with Gasteiger partial charge in [-0.1, -0.05) is 72.8 Å². The maximum Gasteiger partial charge on any atom is 0.177 e. The molecular formula is C31H20N8O. The fourth-order valence-electron chi connectivity index (χ4n) is 5.68. The zero-order valence-corrected chi connectivity index (χ0v) is 21.0. The third-order valence-electron chi connectivity index (χ3n) is 7.54. The molecule has 0 spiro atoms. The van der Waals surface area contributed by atoms with Gasteiger partial charge in [0.15, 0.2) is 23.2 Å². The van der Waals surface area contributed by atoms with Crippen molar-refractivity contribution in [2.24, 2.45) is 20.0 Å². The first-order chi connectivity index (χ1) is 19.8. The van der Waals surface area contributed by atoms with Crippen LogP contribution in [0.3, 0.4) is 0 Å². The second-order valence-electron chi connectivity index (χ2n) is 9.88. The van der Waals surface area contributed by atoms with Gasteiger partial charge >= 0.3 is 0 Å². The fourth-order valence-corrected chi connectivity index (χ4v) is 5.68. The van der Waals surface area contributed by atoms with E-state index in [9.17, 15) is 0 Å². The number of anilines is 2. The predicted octanol–water partition coefficient (Wildman–Crippen LogP) is 5.59. The molecule has 8 bridgehead atoms. The molecule has 0 saturated carbocycles. The molecule has 3 aliphatic rings. The summed E-state index contributed by atoms with van der Waals surface area (Å²) in [6, 6.07) is 24.3. The summed E-state index contributed by atoms with van der Waals surface area (Å²) in [6.45, 7) is 0. The highest BCUT2D eigenvalue weighted by Gasteiger charge is 2.26. The molecule has 0 atom stereocenters. The summed E-state index contributed by atoms with van der Waals surface area (Å²) >= 11 is 0. The van der Waals surface area contributed by atoms with Crippen LogP contribution in [0.15, 0.2) is 105 Å². The zero-order chi connectivity index (χ0) is 26.2. The van der Waals surface area contributed by atoms with Gasteiger partial charge in [0, 0.05) is 44.7 Å². The van der Waals surface area contributed by atoms with E-state index in [1.165, 1.54) is 0 Å². The first-order valence-corrected chi connectivity index (χ1v) is 13.1. The van der Waals surface area contributed by atoms with Crippen LogP contribution >= 0.6 is 0 Å². The van der Waals surface area contributed by atoms with Gasteiger partial charge in [-0.05, 0) is 6.08 Å². The van der Waals surface area contributed by atoms with Crippen LogP contribution in [0, 0.1) is 0 Å². The summed E-state index contributed by atoms with van der Waals surface area (Å²) in [7, 11) is 0. The van der Waals surface area contributed by atoms with Crippen molar-refractivity contribution < 1.29 is 4.74 Å². The first-order valence-electron chi connectivity index (χ1n) is 13.1. The highest BCUT2D eigenvalue weighted by molar-refractivity contribution is 6.23. The number of ether oxygens (including phenoxy) is 1. The van der Waals surface area contributed by atoms with Gasteiger partial charge in [0.25, 0.3) is 0 Å². The molecule has 6 heterocycles. The van der Waals surface area contributed by atoms with E-state index in [1.54, 1.807) is 6.26 Å². The second kappa shape index (κ2) is 7.90. The largest absolute Gasteiger partial charge is 0.461 e. The van der Waals surface area contributed by atoms with Gasteiger partial charge in [-0.3, -0.25) is 0 Å². The van der Waals surface area contributed by atoms with Crippen LogP contribution in [-0.2, 0) is 6.42 Å². The number of hydrogen-bond acceptors (Lipinski definition) is 6. The third kappa shape index (κ3) is 3.02. The van der Waals surface area contributed by atoms with Crippen molar-refractivity contribution in [3.63, 3.8) is 0 Å². The molecule has 0 radical (unpaired) electrons. The van der Waals surface area contributed by atoms with Crippen LogP contribution in [0.2, 0.25) is 0 Å². The lowest BCUT2D eigenvalue weighted by molar-refractivity contribution is 0.468. The molecular weight excluding hydrogens is 500 g/mol. The lowest BCUT2D eigenvalue weighted by Crippen LogP contribution is -2.13. The van der Waals surface area contributed by atoms with E-state index in [0.717, 1.165) is 61.2 Å². The number of aliphatic imine (C=N–C) groups is 2. The molecule has 0 fully saturated rings. The SMILES string of the molecule is C1=COc2c3[nH]c(c2C1)Nc1[nH]c(c2ccccc12)N=c1[nH]c(c2ccccc12)=NC1=NC(=N3)c2ccccc21. The number of amidine groups is 2. The molecule has 0 unspecified atom stereocenters. The molecule has 9 heteroatoms. The summed E-state index contributed by atoms with van der Waals surface area (Å²) in [5.74, 6) is 4.81. The van der Waals surface area contributed by atoms with Crippen molar-refractivity contribution in [1.29, 1.82) is 0 Å². The Morgan fingerprint density at radius 1 is 0.575 bits per heavy atom. The molecule has 6 aromatic rings. The van der Waals surface area contributed by atoms with E-state index in [-0.39, 0.29) is 0 Å². The van der Waals surface area contributed by atoms with E-state index in [0.29, 0.717) is 35.1 Å². The number of H-pyrrole nitrogens is 3. The number of aromatic amines is 3. The average Bonchev–Trinajstić information content (AvgIpc) is 3.73. The summed E-state index contributed by atoms with van der Waals surface area (Å²) in [5, 5.41) is 7.54. The Bertz CT molecular complexity index is 2260. The van der Waals surface area contributed by atoms with Crippen molar-refractivity contribution in [2.75, 3.05) is 5.32 Å². The minimum absolute atomic E-state index is 0.573. The van der Waals surface area contributed by atoms with E-state index in [1.807, 2.05) is 60.7 Å². The molecule has 9 rings (SSSR count). The van der Waals surface area contributed by atoms with E-state index >= 15 is 0 Å². The quantitative estimate of drug-likeness (QED) is 0.209. The Labute approximate surface area is 226 Å². The van der Waals surface area contributed by atoms with Gasteiger partial charge in [0.05, 0.1) is 6.26 Å². The van der Waals surface area contributed by atoms with Gasteiger partial charge in [-0.2, -0.15) is 0 Å². The number of fused-ring (bicyclic) bond motifs is 19. The zero-order valence-electron chi connectivity index (χ0n) is 21.0. The van der Waals surface area contributed by atoms with E-state index in [4.69, 9.17) is 24.7 Å². The topological polar surface area (TPSA) is 118 Å². The molecule has 0 aliphatic carbocycles. The lowest BCUT2D eigenvalue weighted by atomic mass is 10.1. The van der Waals surface area contributed by atoms with Crippen molar-refractivity contribution >= 4 is 56.5 Å². The fraction of sp³-hybridized carbons (Fsp3) is 0.0323. The molecule has 0 saturated heterocycles. The van der Waals surface area contributed by atoms with Crippen molar-refractivity contribution in [3.8, 4) is 5.75 Å². The van der Waals surface area contributed by atoms with Crippen LogP contribution in [0.1, 0.15) is 16.7 Å². The van der Waals surface area contributed by atoms with Gasteiger partial charge < -0.3 is 25.0 Å². The highest BCUT2D eigenvalue weighted by atomic mass is 16.5. The number of aromatic nitrogens is 3. The maximum absolute atomic E-state index is 5.97. The van der Waals surface area contributed by atoms with Gasteiger partial charge in [0.2, 0.25) is 0 Å². The minimum Gasteiger partial charge on any atom is -0.461 e. The maximum atomic E-state index is 5.97. The Balaban J connectivity index is 1.41. The van der Waals surface area contributed by atoms with Crippen molar-refractivity contribution in [2.45, 2.75) is 6.42 Å². The van der Waals surface area contributed by atoms with Crippen molar-refractivity contribution in [3.05, 3.63) is 113 Å². The molecule has 40 heavy (non-hydrogen) atoms. The monoisotopic (exact) mass is 520 g/mol. The lowest BCUT2D eigenvalue weighted by Gasteiger charge is -2.10. The number of benzene rings is 3. The van der Waals surface area contributed by atoms with Crippen molar-refractivity contribution in [1.82, 2.24) is 15.0 Å². The molecule has 3 aromatic carbocycles. The first kappa shape index (κ1) is 21.3. The number of hydrogen-bond donors (Lipinski definition) is 4.